The first kappa shape index (κ1) is 12.6. The number of nitrogens with zero attached hydrogens (tertiary/aromatic N) is 2. The number of likely N-dealkylation sites (tertiary alicyclic amines) is 1. The fraction of sp³-hybridized carbons (Fsp3) is 0.917. The van der Waals surface area contributed by atoms with Crippen molar-refractivity contribution in [1.29, 1.82) is 0 Å². The van der Waals surface area contributed by atoms with Crippen molar-refractivity contribution in [2.45, 2.75) is 25.9 Å². The van der Waals surface area contributed by atoms with Gasteiger partial charge in [0.15, 0.2) is 0 Å². The van der Waals surface area contributed by atoms with Crippen LogP contribution < -0.4 is 5.73 Å². The Labute approximate surface area is 103 Å². The van der Waals surface area contributed by atoms with Gasteiger partial charge in [-0.05, 0) is 18.8 Å². The molecule has 2 aliphatic heterocycles. The molecule has 0 bridgehead atoms. The Bertz CT molecular complexity index is 272. The Morgan fingerprint density at radius 1 is 1.35 bits per heavy atom. The van der Waals surface area contributed by atoms with Crippen LogP contribution in [0, 0.1) is 5.92 Å². The standard InChI is InChI=1S/C12H23N3O2/c1-10-3-2-4-14(8-10)12(16)15-5-6-17-11(7-13)9-15/h10-11H,2-9,13H2,1H3. The summed E-state index contributed by atoms with van der Waals surface area (Å²) in [6.45, 7) is 6.43. The van der Waals surface area contributed by atoms with Crippen LogP contribution in [-0.4, -0.2) is 61.3 Å². The number of piperidine rings is 1. The van der Waals surface area contributed by atoms with E-state index in [-0.39, 0.29) is 12.1 Å². The third-order valence-electron chi connectivity index (χ3n) is 3.60. The number of ether oxygens (including phenoxy) is 1. The van der Waals surface area contributed by atoms with E-state index in [1.54, 1.807) is 0 Å². The first-order valence-electron chi connectivity index (χ1n) is 6.56. The van der Waals surface area contributed by atoms with E-state index >= 15 is 0 Å². The first-order valence-corrected chi connectivity index (χ1v) is 6.56. The summed E-state index contributed by atoms with van der Waals surface area (Å²) in [5.74, 6) is 0.624. The van der Waals surface area contributed by atoms with Gasteiger partial charge in [0.05, 0.1) is 12.7 Å². The predicted octanol–water partition coefficient (Wildman–Crippen LogP) is 0.498. The maximum atomic E-state index is 12.3. The van der Waals surface area contributed by atoms with Gasteiger partial charge in [-0.1, -0.05) is 6.92 Å². The van der Waals surface area contributed by atoms with E-state index in [9.17, 15) is 4.79 Å². The fourth-order valence-corrected chi connectivity index (χ4v) is 2.60. The second kappa shape index (κ2) is 5.69. The summed E-state index contributed by atoms with van der Waals surface area (Å²) < 4.78 is 5.48. The average molecular weight is 241 g/mol. The number of carbonyl (C=O) groups excluding carboxylic acids is 1. The molecule has 98 valence electrons. The molecule has 5 heteroatoms. The van der Waals surface area contributed by atoms with E-state index in [0.717, 1.165) is 19.5 Å². The lowest BCUT2D eigenvalue weighted by Crippen LogP contribution is -2.54. The Balaban J connectivity index is 1.89. The van der Waals surface area contributed by atoms with E-state index < -0.39 is 0 Å². The van der Waals surface area contributed by atoms with Crippen LogP contribution in [0.4, 0.5) is 4.79 Å². The zero-order valence-corrected chi connectivity index (χ0v) is 10.6. The van der Waals surface area contributed by atoms with Crippen molar-refractivity contribution in [2.75, 3.05) is 39.3 Å². The highest BCUT2D eigenvalue weighted by atomic mass is 16.5. The molecule has 0 spiro atoms. The SMILES string of the molecule is CC1CCCN(C(=O)N2CCOC(CN)C2)C1. The van der Waals surface area contributed by atoms with Crippen LogP contribution in [0.3, 0.4) is 0 Å². The zero-order valence-electron chi connectivity index (χ0n) is 10.6. The highest BCUT2D eigenvalue weighted by Crippen LogP contribution is 2.17. The second-order valence-electron chi connectivity index (χ2n) is 5.15. The monoisotopic (exact) mass is 241 g/mol. The zero-order chi connectivity index (χ0) is 12.3. The molecule has 2 unspecified atom stereocenters. The molecule has 0 aromatic rings. The number of carbonyl (C=O) groups is 1. The maximum Gasteiger partial charge on any atom is 0.320 e. The van der Waals surface area contributed by atoms with Crippen LogP contribution in [0.1, 0.15) is 19.8 Å². The van der Waals surface area contributed by atoms with Crippen molar-refractivity contribution >= 4 is 6.03 Å². The molecule has 2 fully saturated rings. The van der Waals surface area contributed by atoms with Gasteiger partial charge >= 0.3 is 6.03 Å². The summed E-state index contributed by atoms with van der Waals surface area (Å²) in [4.78, 5) is 16.2. The predicted molar refractivity (Wildman–Crippen MR) is 65.7 cm³/mol. The lowest BCUT2D eigenvalue weighted by molar-refractivity contribution is -0.0154. The van der Waals surface area contributed by atoms with Gasteiger partial charge in [-0.3, -0.25) is 0 Å². The molecule has 2 amide bonds. The van der Waals surface area contributed by atoms with E-state index in [0.29, 0.717) is 32.2 Å². The molecular formula is C12H23N3O2. The average Bonchev–Trinajstić information content (AvgIpc) is 2.38. The summed E-state index contributed by atoms with van der Waals surface area (Å²) >= 11 is 0. The number of nitrogens with two attached hydrogens (primary N) is 1. The molecule has 2 heterocycles. The number of hydrogen-bond donors (Lipinski definition) is 1. The highest BCUT2D eigenvalue weighted by molar-refractivity contribution is 5.74. The molecular weight excluding hydrogens is 218 g/mol. The van der Waals surface area contributed by atoms with Gasteiger partial charge in [-0.2, -0.15) is 0 Å². The number of urea groups is 1. The van der Waals surface area contributed by atoms with Crippen molar-refractivity contribution in [2.24, 2.45) is 11.7 Å². The molecule has 0 saturated carbocycles. The Morgan fingerprint density at radius 3 is 2.82 bits per heavy atom. The smallest absolute Gasteiger partial charge is 0.320 e. The fourth-order valence-electron chi connectivity index (χ4n) is 2.60. The maximum absolute atomic E-state index is 12.3. The van der Waals surface area contributed by atoms with E-state index in [2.05, 4.69) is 6.92 Å². The van der Waals surface area contributed by atoms with Crippen molar-refractivity contribution in [3.63, 3.8) is 0 Å². The van der Waals surface area contributed by atoms with Crippen molar-refractivity contribution in [1.82, 2.24) is 9.80 Å². The van der Waals surface area contributed by atoms with E-state index in [1.807, 2.05) is 9.80 Å². The Kier molecular flexibility index (Phi) is 4.23. The topological polar surface area (TPSA) is 58.8 Å². The van der Waals surface area contributed by atoms with Gasteiger partial charge in [0.2, 0.25) is 0 Å². The minimum absolute atomic E-state index is 0.00918. The Morgan fingerprint density at radius 2 is 2.12 bits per heavy atom. The minimum atomic E-state index is 0.00918. The van der Waals surface area contributed by atoms with Gasteiger partial charge in [0.25, 0.3) is 0 Å². The molecule has 2 N–H and O–H groups in total. The van der Waals surface area contributed by atoms with Crippen LogP contribution in [-0.2, 0) is 4.74 Å². The van der Waals surface area contributed by atoms with Crippen LogP contribution in [0.2, 0.25) is 0 Å². The molecule has 5 nitrogen and oxygen atoms in total. The summed E-state index contributed by atoms with van der Waals surface area (Å²) in [6, 6.07) is 0.165. The third kappa shape index (κ3) is 3.10. The number of morpholine rings is 1. The minimum Gasteiger partial charge on any atom is -0.373 e. The van der Waals surface area contributed by atoms with Crippen molar-refractivity contribution in [3.8, 4) is 0 Å². The van der Waals surface area contributed by atoms with Gasteiger partial charge in [0.1, 0.15) is 0 Å². The largest absolute Gasteiger partial charge is 0.373 e. The molecule has 2 rings (SSSR count). The van der Waals surface area contributed by atoms with Crippen molar-refractivity contribution in [3.05, 3.63) is 0 Å². The van der Waals surface area contributed by atoms with Crippen LogP contribution in [0.25, 0.3) is 0 Å². The molecule has 2 saturated heterocycles. The molecule has 0 aromatic carbocycles. The van der Waals surface area contributed by atoms with Crippen LogP contribution in [0.15, 0.2) is 0 Å². The van der Waals surface area contributed by atoms with Crippen molar-refractivity contribution < 1.29 is 9.53 Å². The Hall–Kier alpha value is -0.810. The summed E-state index contributed by atoms with van der Waals surface area (Å²) in [6.07, 6.45) is 2.37. The summed E-state index contributed by atoms with van der Waals surface area (Å²) in [7, 11) is 0. The quantitative estimate of drug-likeness (QED) is 0.727. The van der Waals surface area contributed by atoms with Gasteiger partial charge in [0, 0.05) is 32.7 Å². The summed E-state index contributed by atoms with van der Waals surface area (Å²) in [5, 5.41) is 0. The molecule has 17 heavy (non-hydrogen) atoms. The second-order valence-corrected chi connectivity index (χ2v) is 5.15. The van der Waals surface area contributed by atoms with Gasteiger partial charge in [-0.25, -0.2) is 4.79 Å². The normalized spacial score (nSPS) is 30.5. The van der Waals surface area contributed by atoms with Crippen LogP contribution >= 0.6 is 0 Å². The number of rotatable bonds is 1. The first-order chi connectivity index (χ1) is 8.20. The molecule has 0 aromatic heterocycles. The van der Waals surface area contributed by atoms with E-state index in [1.165, 1.54) is 6.42 Å². The highest BCUT2D eigenvalue weighted by Gasteiger charge is 2.29. The number of amides is 2. The molecule has 0 radical (unpaired) electrons. The van der Waals surface area contributed by atoms with Crippen LogP contribution in [0.5, 0.6) is 0 Å². The lowest BCUT2D eigenvalue weighted by Gasteiger charge is -2.38. The lowest BCUT2D eigenvalue weighted by atomic mass is 10.0. The van der Waals surface area contributed by atoms with Gasteiger partial charge in [-0.15, -0.1) is 0 Å². The molecule has 0 aliphatic carbocycles. The molecule has 2 atom stereocenters. The number of hydrogen-bond acceptors (Lipinski definition) is 3. The third-order valence-corrected chi connectivity index (χ3v) is 3.60. The molecule has 2 aliphatic rings. The van der Waals surface area contributed by atoms with Gasteiger partial charge < -0.3 is 20.3 Å². The summed E-state index contributed by atoms with van der Waals surface area (Å²) in [5.41, 5.74) is 5.59. The van der Waals surface area contributed by atoms with E-state index in [4.69, 9.17) is 10.5 Å².